The van der Waals surface area contributed by atoms with Crippen LogP contribution in [-0.4, -0.2) is 45.7 Å². The number of carbonyl (C=O) groups is 1. The molecule has 136 valence electrons. The van der Waals surface area contributed by atoms with Gasteiger partial charge in [-0.15, -0.1) is 10.2 Å². The van der Waals surface area contributed by atoms with Crippen LogP contribution in [0.3, 0.4) is 0 Å². The quantitative estimate of drug-likeness (QED) is 0.767. The van der Waals surface area contributed by atoms with Crippen LogP contribution in [0.25, 0.3) is 11.4 Å². The lowest BCUT2D eigenvalue weighted by atomic mass is 10.1. The Hall–Kier alpha value is -1.86. The van der Waals surface area contributed by atoms with Gasteiger partial charge in [-0.3, -0.25) is 9.36 Å². The molecule has 0 saturated heterocycles. The zero-order chi connectivity index (χ0) is 18.4. The zero-order valence-corrected chi connectivity index (χ0v) is 16.3. The highest BCUT2D eigenvalue weighted by atomic mass is 32.2. The van der Waals surface area contributed by atoms with Crippen LogP contribution in [-0.2, 0) is 16.1 Å². The summed E-state index contributed by atoms with van der Waals surface area (Å²) in [5.74, 6) is 1.08. The number of nitrogens with one attached hydrogen (secondary N) is 1. The first-order valence-corrected chi connectivity index (χ1v) is 9.22. The van der Waals surface area contributed by atoms with E-state index in [9.17, 15) is 4.79 Å². The number of aromatic nitrogens is 3. The number of thioether (sulfide) groups is 1. The first-order chi connectivity index (χ1) is 11.8. The van der Waals surface area contributed by atoms with Crippen molar-refractivity contribution in [2.45, 2.75) is 44.9 Å². The number of nitrogens with zero attached hydrogens (tertiary/aromatic N) is 3. The molecule has 1 heterocycles. The average molecular weight is 362 g/mol. The first-order valence-electron chi connectivity index (χ1n) is 8.23. The highest BCUT2D eigenvalue weighted by molar-refractivity contribution is 7.99. The molecule has 1 N–H and O–H groups in total. The summed E-state index contributed by atoms with van der Waals surface area (Å²) in [4.78, 5) is 12.1. The van der Waals surface area contributed by atoms with Crippen molar-refractivity contribution >= 4 is 17.7 Å². The number of carbonyl (C=O) groups excluding carboxylic acids is 1. The van der Waals surface area contributed by atoms with Crippen molar-refractivity contribution in [3.8, 4) is 11.4 Å². The van der Waals surface area contributed by atoms with Crippen LogP contribution in [0.4, 0.5) is 0 Å². The minimum absolute atomic E-state index is 0.0177. The Bertz CT molecular complexity index is 722. The molecule has 0 aliphatic carbocycles. The molecule has 0 fully saturated rings. The third-order valence-electron chi connectivity index (χ3n) is 3.36. The van der Waals surface area contributed by atoms with Gasteiger partial charge in [0.1, 0.15) is 0 Å². The van der Waals surface area contributed by atoms with E-state index in [4.69, 9.17) is 4.74 Å². The minimum atomic E-state index is -0.242. The van der Waals surface area contributed by atoms with Crippen molar-refractivity contribution in [3.63, 3.8) is 0 Å². The molecule has 1 aromatic carbocycles. The SMILES string of the molecule is COCCn1c(SCC(=O)NC(C)(C)C)nnc1-c1cccc(C)c1. The van der Waals surface area contributed by atoms with E-state index < -0.39 is 0 Å². The summed E-state index contributed by atoms with van der Waals surface area (Å²) >= 11 is 1.39. The molecule has 1 aromatic heterocycles. The summed E-state index contributed by atoms with van der Waals surface area (Å²) in [5, 5.41) is 12.3. The molecule has 0 aliphatic rings. The maximum absolute atomic E-state index is 12.1. The predicted molar refractivity (Wildman–Crippen MR) is 101 cm³/mol. The summed E-state index contributed by atoms with van der Waals surface area (Å²) in [7, 11) is 1.67. The second kappa shape index (κ2) is 8.49. The topological polar surface area (TPSA) is 69.0 Å². The summed E-state index contributed by atoms with van der Waals surface area (Å²) in [5.41, 5.74) is 1.93. The lowest BCUT2D eigenvalue weighted by molar-refractivity contribution is -0.119. The fourth-order valence-corrected chi connectivity index (χ4v) is 3.13. The van der Waals surface area contributed by atoms with Crippen molar-refractivity contribution in [2.24, 2.45) is 0 Å². The fraction of sp³-hybridized carbons (Fsp3) is 0.500. The summed E-state index contributed by atoms with van der Waals surface area (Å²) in [6, 6.07) is 8.14. The van der Waals surface area contributed by atoms with Gasteiger partial charge in [-0.2, -0.15) is 0 Å². The summed E-state index contributed by atoms with van der Waals surface area (Å²) in [6.45, 7) is 9.13. The van der Waals surface area contributed by atoms with Crippen molar-refractivity contribution < 1.29 is 9.53 Å². The fourth-order valence-electron chi connectivity index (χ4n) is 2.36. The van der Waals surface area contributed by atoms with E-state index in [1.807, 2.05) is 50.5 Å². The van der Waals surface area contributed by atoms with Crippen molar-refractivity contribution in [3.05, 3.63) is 29.8 Å². The van der Waals surface area contributed by atoms with E-state index in [2.05, 4.69) is 21.6 Å². The Kier molecular flexibility index (Phi) is 6.61. The Morgan fingerprint density at radius 3 is 2.72 bits per heavy atom. The maximum Gasteiger partial charge on any atom is 0.230 e. The van der Waals surface area contributed by atoms with Crippen LogP contribution in [0, 0.1) is 6.92 Å². The normalized spacial score (nSPS) is 11.6. The number of aryl methyl sites for hydroxylation is 1. The van der Waals surface area contributed by atoms with Gasteiger partial charge in [0.15, 0.2) is 11.0 Å². The van der Waals surface area contributed by atoms with Crippen LogP contribution in [0.2, 0.25) is 0 Å². The van der Waals surface area contributed by atoms with Crippen molar-refractivity contribution in [1.29, 1.82) is 0 Å². The van der Waals surface area contributed by atoms with E-state index in [-0.39, 0.29) is 11.4 Å². The molecular weight excluding hydrogens is 336 g/mol. The maximum atomic E-state index is 12.1. The third-order valence-corrected chi connectivity index (χ3v) is 4.33. The molecule has 0 unspecified atom stereocenters. The largest absolute Gasteiger partial charge is 0.383 e. The number of hydrogen-bond acceptors (Lipinski definition) is 5. The van der Waals surface area contributed by atoms with Crippen molar-refractivity contribution in [1.82, 2.24) is 20.1 Å². The minimum Gasteiger partial charge on any atom is -0.383 e. The lowest BCUT2D eigenvalue weighted by Gasteiger charge is -2.20. The molecule has 1 amide bonds. The Morgan fingerprint density at radius 1 is 1.32 bits per heavy atom. The van der Waals surface area contributed by atoms with E-state index >= 15 is 0 Å². The van der Waals surface area contributed by atoms with Crippen LogP contribution < -0.4 is 5.32 Å². The summed E-state index contributed by atoms with van der Waals surface area (Å²) < 4.78 is 7.22. The summed E-state index contributed by atoms with van der Waals surface area (Å²) in [6.07, 6.45) is 0. The van der Waals surface area contributed by atoms with Crippen LogP contribution >= 0.6 is 11.8 Å². The van der Waals surface area contributed by atoms with Gasteiger partial charge in [0.2, 0.25) is 5.91 Å². The molecule has 0 atom stereocenters. The number of methoxy groups -OCH3 is 1. The van der Waals surface area contributed by atoms with Gasteiger partial charge >= 0.3 is 0 Å². The number of ether oxygens (including phenoxy) is 1. The number of benzene rings is 1. The van der Waals surface area contributed by atoms with Gasteiger partial charge in [0.05, 0.1) is 18.9 Å². The van der Waals surface area contributed by atoms with Gasteiger partial charge in [-0.1, -0.05) is 35.5 Å². The van der Waals surface area contributed by atoms with Crippen molar-refractivity contribution in [2.75, 3.05) is 19.5 Å². The second-order valence-corrected chi connectivity index (χ2v) is 7.85. The molecule has 0 radical (unpaired) electrons. The smallest absolute Gasteiger partial charge is 0.230 e. The average Bonchev–Trinajstić information content (AvgIpc) is 2.92. The third kappa shape index (κ3) is 5.86. The Morgan fingerprint density at radius 2 is 2.08 bits per heavy atom. The second-order valence-electron chi connectivity index (χ2n) is 6.91. The molecule has 0 aliphatic heterocycles. The van der Waals surface area contributed by atoms with E-state index in [0.717, 1.165) is 22.1 Å². The molecule has 25 heavy (non-hydrogen) atoms. The standard InChI is InChI=1S/C18H26N4O2S/c1-13-7-6-8-14(11-13)16-20-21-17(22(16)9-10-24-5)25-12-15(23)19-18(2,3)4/h6-8,11H,9-10,12H2,1-5H3,(H,19,23). The zero-order valence-electron chi connectivity index (χ0n) is 15.5. The van der Waals surface area contributed by atoms with Crippen LogP contribution in [0.15, 0.2) is 29.4 Å². The van der Waals surface area contributed by atoms with Gasteiger partial charge < -0.3 is 10.1 Å². The molecule has 2 aromatic rings. The molecule has 0 spiro atoms. The highest BCUT2D eigenvalue weighted by Gasteiger charge is 2.18. The molecule has 2 rings (SSSR count). The molecule has 0 bridgehead atoms. The number of amides is 1. The van der Waals surface area contributed by atoms with Gasteiger partial charge in [0.25, 0.3) is 0 Å². The highest BCUT2D eigenvalue weighted by Crippen LogP contribution is 2.24. The Labute approximate surface area is 153 Å². The predicted octanol–water partition coefficient (Wildman–Crippen LogP) is 2.91. The number of hydrogen-bond donors (Lipinski definition) is 1. The van der Waals surface area contributed by atoms with E-state index in [1.165, 1.54) is 11.8 Å². The number of rotatable bonds is 7. The van der Waals surface area contributed by atoms with Gasteiger partial charge in [-0.25, -0.2) is 0 Å². The molecule has 6 nitrogen and oxygen atoms in total. The molecule has 7 heteroatoms. The van der Waals surface area contributed by atoms with Crippen LogP contribution in [0.5, 0.6) is 0 Å². The molecular formula is C18H26N4O2S. The Balaban J connectivity index is 2.19. The van der Waals surface area contributed by atoms with E-state index in [1.54, 1.807) is 7.11 Å². The first kappa shape index (κ1) is 19.5. The lowest BCUT2D eigenvalue weighted by Crippen LogP contribution is -2.41. The molecule has 0 saturated carbocycles. The van der Waals surface area contributed by atoms with Gasteiger partial charge in [0, 0.05) is 18.2 Å². The van der Waals surface area contributed by atoms with Crippen LogP contribution in [0.1, 0.15) is 26.3 Å². The van der Waals surface area contributed by atoms with E-state index in [0.29, 0.717) is 18.9 Å². The monoisotopic (exact) mass is 362 g/mol. The van der Waals surface area contributed by atoms with Gasteiger partial charge in [-0.05, 0) is 33.8 Å².